The molecular weight excluding hydrogens is 402 g/mol. The molecule has 164 valence electrons. The van der Waals surface area contributed by atoms with Crippen molar-refractivity contribution >= 4 is 29.1 Å². The lowest BCUT2D eigenvalue weighted by Crippen LogP contribution is -2.57. The Morgan fingerprint density at radius 3 is 2.81 bits per heavy atom. The van der Waals surface area contributed by atoms with Gasteiger partial charge in [-0.25, -0.2) is 14.7 Å². The highest BCUT2D eigenvalue weighted by molar-refractivity contribution is 6.35. The van der Waals surface area contributed by atoms with Gasteiger partial charge < -0.3 is 20.3 Å². The number of amides is 3. The second-order valence-electron chi connectivity index (χ2n) is 7.79. The fraction of sp³-hybridized carbons (Fsp3) is 0.450. The molecule has 2 aromatic rings. The quantitative estimate of drug-likeness (QED) is 0.583. The molecule has 0 saturated carbocycles. The van der Waals surface area contributed by atoms with E-state index in [1.807, 2.05) is 31.3 Å². The zero-order valence-corrected chi connectivity index (χ0v) is 17.4. The molecule has 3 amide bonds. The van der Waals surface area contributed by atoms with Gasteiger partial charge in [-0.15, -0.1) is 0 Å². The summed E-state index contributed by atoms with van der Waals surface area (Å²) in [5.41, 5.74) is 4.03. The third-order valence-corrected chi connectivity index (χ3v) is 5.68. The number of piperidine rings is 1. The number of ether oxygens (including phenoxy) is 1. The molecule has 1 fully saturated rings. The number of aromatic nitrogens is 2. The molecule has 11 heteroatoms. The summed E-state index contributed by atoms with van der Waals surface area (Å²) < 4.78 is 7.57. The van der Waals surface area contributed by atoms with Crippen molar-refractivity contribution in [3.05, 3.63) is 36.2 Å². The monoisotopic (exact) mass is 427 g/mol. The fourth-order valence-corrected chi connectivity index (χ4v) is 4.18. The summed E-state index contributed by atoms with van der Waals surface area (Å²) >= 11 is 0. The van der Waals surface area contributed by atoms with Gasteiger partial charge in [-0.3, -0.25) is 9.59 Å². The van der Waals surface area contributed by atoms with Crippen LogP contribution in [0, 0.1) is 0 Å². The van der Waals surface area contributed by atoms with E-state index in [1.54, 1.807) is 10.7 Å². The Hall–Kier alpha value is -3.47. The van der Waals surface area contributed by atoms with Crippen molar-refractivity contribution in [2.24, 2.45) is 5.10 Å². The summed E-state index contributed by atoms with van der Waals surface area (Å²) in [5.74, 6) is -1.32. The van der Waals surface area contributed by atoms with Crippen molar-refractivity contribution in [2.75, 3.05) is 26.7 Å². The van der Waals surface area contributed by atoms with Gasteiger partial charge in [-0.2, -0.15) is 10.2 Å². The molecule has 0 bridgehead atoms. The molecule has 1 saturated heterocycles. The molecule has 3 N–H and O–H groups in total. The van der Waals surface area contributed by atoms with Crippen LogP contribution in [-0.2, 0) is 14.3 Å². The number of rotatable bonds is 4. The minimum Gasteiger partial charge on any atom is -0.435 e. The number of likely N-dealkylation sites (N-methyl/N-ethyl adjacent to an activating group) is 1. The van der Waals surface area contributed by atoms with E-state index in [0.29, 0.717) is 38.2 Å². The first-order chi connectivity index (χ1) is 14.9. The maximum atomic E-state index is 12.0. The zero-order valence-electron chi connectivity index (χ0n) is 17.4. The SMILES string of the molecule is CNC(=O)C(=O)N[C@@H](C)CN1CCC2(CC1)OC(=O)NN=C2c1cccn2nccc12. The molecule has 1 atom stereocenters. The third-order valence-electron chi connectivity index (χ3n) is 5.68. The number of carbonyl (C=O) groups is 3. The van der Waals surface area contributed by atoms with Gasteiger partial charge in [0.2, 0.25) is 0 Å². The predicted molar refractivity (Wildman–Crippen MR) is 111 cm³/mol. The molecule has 0 aromatic carbocycles. The van der Waals surface area contributed by atoms with E-state index < -0.39 is 23.5 Å². The van der Waals surface area contributed by atoms with E-state index in [1.165, 1.54) is 7.05 Å². The van der Waals surface area contributed by atoms with Crippen LogP contribution in [0.4, 0.5) is 4.79 Å². The van der Waals surface area contributed by atoms with Crippen LogP contribution in [0.2, 0.25) is 0 Å². The number of fused-ring (bicyclic) bond motifs is 1. The summed E-state index contributed by atoms with van der Waals surface area (Å²) in [4.78, 5) is 37.4. The Labute approximate surface area is 178 Å². The smallest absolute Gasteiger partial charge is 0.428 e. The number of pyridine rings is 1. The van der Waals surface area contributed by atoms with E-state index in [2.05, 4.69) is 31.2 Å². The van der Waals surface area contributed by atoms with Gasteiger partial charge in [0.1, 0.15) is 5.71 Å². The van der Waals surface area contributed by atoms with Crippen LogP contribution in [0.5, 0.6) is 0 Å². The fourth-order valence-electron chi connectivity index (χ4n) is 4.18. The van der Waals surface area contributed by atoms with Gasteiger partial charge in [0, 0.05) is 57.3 Å². The molecule has 2 aliphatic rings. The normalized spacial score (nSPS) is 19.3. The van der Waals surface area contributed by atoms with E-state index in [0.717, 1.165) is 11.1 Å². The molecule has 4 rings (SSSR count). The van der Waals surface area contributed by atoms with E-state index in [9.17, 15) is 14.4 Å². The van der Waals surface area contributed by atoms with Crippen LogP contribution < -0.4 is 16.1 Å². The van der Waals surface area contributed by atoms with Gasteiger partial charge in [-0.1, -0.05) is 0 Å². The minimum atomic E-state index is -0.834. The van der Waals surface area contributed by atoms with Gasteiger partial charge >= 0.3 is 17.9 Å². The van der Waals surface area contributed by atoms with Crippen LogP contribution in [0.1, 0.15) is 25.3 Å². The number of nitrogens with one attached hydrogen (secondary N) is 3. The highest BCUT2D eigenvalue weighted by Gasteiger charge is 2.46. The van der Waals surface area contributed by atoms with Crippen molar-refractivity contribution in [3.8, 4) is 0 Å². The van der Waals surface area contributed by atoms with Crippen molar-refractivity contribution in [1.29, 1.82) is 0 Å². The van der Waals surface area contributed by atoms with Crippen LogP contribution in [0.3, 0.4) is 0 Å². The Balaban J connectivity index is 1.48. The van der Waals surface area contributed by atoms with Crippen molar-refractivity contribution in [2.45, 2.75) is 31.4 Å². The zero-order chi connectivity index (χ0) is 22.0. The molecule has 0 radical (unpaired) electrons. The van der Waals surface area contributed by atoms with Gasteiger partial charge in [-0.05, 0) is 25.1 Å². The molecule has 0 aliphatic carbocycles. The van der Waals surface area contributed by atoms with E-state index in [4.69, 9.17) is 4.74 Å². The first-order valence-corrected chi connectivity index (χ1v) is 10.2. The average Bonchev–Trinajstić information content (AvgIpc) is 3.24. The summed E-state index contributed by atoms with van der Waals surface area (Å²) in [6, 6.07) is 5.52. The summed E-state index contributed by atoms with van der Waals surface area (Å²) in [6.45, 7) is 3.72. The summed E-state index contributed by atoms with van der Waals surface area (Å²) in [5, 5.41) is 13.6. The standard InChI is InChI=1S/C20H25N7O4/c1-13(23-18(29)17(28)21-2)12-26-10-6-20(7-11-26)16(24-25-19(30)31-20)14-4-3-9-27-15(14)5-8-22-27/h3-5,8-9,13H,6-7,10-12H2,1-2H3,(H,21,28)(H,23,29)(H,25,30)/t13-/m0/s1. The summed E-state index contributed by atoms with van der Waals surface area (Å²) in [7, 11) is 1.42. The number of hydrogen-bond donors (Lipinski definition) is 3. The molecule has 4 heterocycles. The summed E-state index contributed by atoms with van der Waals surface area (Å²) in [6.07, 6.45) is 4.12. The van der Waals surface area contributed by atoms with E-state index in [-0.39, 0.29) is 6.04 Å². The Kier molecular flexibility index (Phi) is 5.59. The van der Waals surface area contributed by atoms with Crippen LogP contribution in [0.25, 0.3) is 5.52 Å². The Bertz CT molecular complexity index is 1040. The molecule has 2 aromatic heterocycles. The lowest BCUT2D eigenvalue weighted by Gasteiger charge is -2.43. The average molecular weight is 427 g/mol. The molecular formula is C20H25N7O4. The second kappa shape index (κ2) is 8.34. The lowest BCUT2D eigenvalue weighted by molar-refractivity contribution is -0.139. The predicted octanol–water partition coefficient (Wildman–Crippen LogP) is -0.136. The van der Waals surface area contributed by atoms with Crippen LogP contribution >= 0.6 is 0 Å². The van der Waals surface area contributed by atoms with E-state index >= 15 is 0 Å². The highest BCUT2D eigenvalue weighted by atomic mass is 16.6. The number of likely N-dealkylation sites (tertiary alicyclic amines) is 1. The molecule has 1 spiro atoms. The molecule has 0 unspecified atom stereocenters. The molecule has 31 heavy (non-hydrogen) atoms. The van der Waals surface area contributed by atoms with Gasteiger partial charge in [0.05, 0.1) is 11.7 Å². The maximum Gasteiger partial charge on any atom is 0.428 e. The highest BCUT2D eigenvalue weighted by Crippen LogP contribution is 2.34. The molecule has 11 nitrogen and oxygen atoms in total. The van der Waals surface area contributed by atoms with Crippen molar-refractivity contribution < 1.29 is 19.1 Å². The van der Waals surface area contributed by atoms with Crippen molar-refractivity contribution in [3.63, 3.8) is 0 Å². The molecule has 2 aliphatic heterocycles. The first-order valence-electron chi connectivity index (χ1n) is 10.2. The van der Waals surface area contributed by atoms with Gasteiger partial charge in [0.25, 0.3) is 0 Å². The number of hydrazone groups is 1. The van der Waals surface area contributed by atoms with Gasteiger partial charge in [0.15, 0.2) is 5.60 Å². The largest absolute Gasteiger partial charge is 0.435 e. The van der Waals surface area contributed by atoms with Crippen LogP contribution in [-0.4, -0.2) is 76.5 Å². The number of carbonyl (C=O) groups excluding carboxylic acids is 3. The third kappa shape index (κ3) is 4.08. The number of nitrogens with zero attached hydrogens (tertiary/aromatic N) is 4. The number of hydrogen-bond acceptors (Lipinski definition) is 7. The topological polar surface area (TPSA) is 129 Å². The lowest BCUT2D eigenvalue weighted by atomic mass is 9.82. The maximum absolute atomic E-state index is 12.0. The first kappa shape index (κ1) is 20.8. The Morgan fingerprint density at radius 2 is 2.06 bits per heavy atom. The second-order valence-corrected chi connectivity index (χ2v) is 7.79. The minimum absolute atomic E-state index is 0.205. The van der Waals surface area contributed by atoms with Crippen LogP contribution in [0.15, 0.2) is 35.7 Å². The Morgan fingerprint density at radius 1 is 1.29 bits per heavy atom. The van der Waals surface area contributed by atoms with Crippen molar-refractivity contribution in [1.82, 2.24) is 30.6 Å².